The fourth-order valence-electron chi connectivity index (χ4n) is 3.28. The van der Waals surface area contributed by atoms with Crippen LogP contribution >= 0.6 is 0 Å². The third-order valence-corrected chi connectivity index (χ3v) is 5.48. The average Bonchev–Trinajstić information content (AvgIpc) is 2.89. The van der Waals surface area contributed by atoms with Crippen molar-refractivity contribution in [1.82, 2.24) is 9.62 Å². The van der Waals surface area contributed by atoms with Gasteiger partial charge in [0.25, 0.3) is 0 Å². The molecule has 2 fully saturated rings. The number of sulfonamides is 1. The number of halogens is 3. The van der Waals surface area contributed by atoms with Gasteiger partial charge in [-0.25, -0.2) is 13.1 Å². The van der Waals surface area contributed by atoms with E-state index in [9.17, 15) is 21.6 Å². The number of hydrogen-bond donors (Lipinski definition) is 1. The van der Waals surface area contributed by atoms with Crippen molar-refractivity contribution in [2.24, 2.45) is 5.92 Å². The highest BCUT2D eigenvalue weighted by Gasteiger charge is 2.46. The highest BCUT2D eigenvalue weighted by atomic mass is 32.2. The van der Waals surface area contributed by atoms with Crippen LogP contribution in [-0.2, 0) is 10.0 Å². The molecule has 20 heavy (non-hydrogen) atoms. The second-order valence-corrected chi connectivity index (χ2v) is 7.41. The fraction of sp³-hybridized carbons (Fsp3) is 1.00. The van der Waals surface area contributed by atoms with Crippen LogP contribution in [0.3, 0.4) is 0 Å². The summed E-state index contributed by atoms with van der Waals surface area (Å²) >= 11 is 0. The molecule has 0 radical (unpaired) electrons. The van der Waals surface area contributed by atoms with E-state index in [1.807, 2.05) is 0 Å². The number of hydrogen-bond acceptors (Lipinski definition) is 3. The van der Waals surface area contributed by atoms with Crippen LogP contribution in [0.1, 0.15) is 38.5 Å². The molecule has 0 aromatic heterocycles. The van der Waals surface area contributed by atoms with Gasteiger partial charge in [-0.2, -0.15) is 13.2 Å². The van der Waals surface area contributed by atoms with Crippen LogP contribution in [0.4, 0.5) is 13.2 Å². The first-order valence-electron chi connectivity index (χ1n) is 7.11. The van der Waals surface area contributed by atoms with Gasteiger partial charge in [-0.3, -0.25) is 0 Å². The van der Waals surface area contributed by atoms with Crippen molar-refractivity contribution in [3.05, 3.63) is 0 Å². The number of nitrogens with zero attached hydrogens (tertiary/aromatic N) is 1. The Morgan fingerprint density at radius 2 is 1.65 bits per heavy atom. The Hall–Kier alpha value is -0.340. The molecule has 1 N–H and O–H groups in total. The van der Waals surface area contributed by atoms with E-state index in [4.69, 9.17) is 0 Å². The largest absolute Gasteiger partial charge is 0.511 e. The first-order chi connectivity index (χ1) is 9.31. The molecule has 1 aliphatic heterocycles. The fourth-order valence-corrected chi connectivity index (χ4v) is 3.88. The van der Waals surface area contributed by atoms with Crippen molar-refractivity contribution in [2.75, 3.05) is 19.6 Å². The quantitative estimate of drug-likeness (QED) is 0.864. The molecule has 0 aromatic carbocycles. The Bertz CT molecular complexity index is 419. The lowest BCUT2D eigenvalue weighted by atomic mass is 9.84. The van der Waals surface area contributed by atoms with E-state index < -0.39 is 15.5 Å². The molecule has 118 valence electrons. The van der Waals surface area contributed by atoms with Gasteiger partial charge in [-0.05, 0) is 44.7 Å². The average molecular weight is 314 g/mol. The zero-order valence-corrected chi connectivity index (χ0v) is 12.1. The van der Waals surface area contributed by atoms with E-state index >= 15 is 0 Å². The van der Waals surface area contributed by atoms with Crippen LogP contribution < -0.4 is 4.72 Å². The van der Waals surface area contributed by atoms with Crippen molar-refractivity contribution in [1.29, 1.82) is 0 Å². The van der Waals surface area contributed by atoms with E-state index in [-0.39, 0.29) is 18.5 Å². The molecule has 4 nitrogen and oxygen atoms in total. The third-order valence-electron chi connectivity index (χ3n) is 4.32. The van der Waals surface area contributed by atoms with Crippen molar-refractivity contribution < 1.29 is 21.6 Å². The van der Waals surface area contributed by atoms with Crippen LogP contribution in [0, 0.1) is 5.92 Å². The molecule has 0 unspecified atom stereocenters. The zero-order valence-electron chi connectivity index (χ0n) is 11.3. The summed E-state index contributed by atoms with van der Waals surface area (Å²) in [7, 11) is -5.21. The lowest BCUT2D eigenvalue weighted by molar-refractivity contribution is -0.0450. The smallest absolute Gasteiger partial charge is 0.300 e. The molecule has 0 amide bonds. The van der Waals surface area contributed by atoms with Crippen molar-refractivity contribution >= 4 is 10.0 Å². The monoisotopic (exact) mass is 314 g/mol. The predicted octanol–water partition coefficient (Wildman–Crippen LogP) is 2.08. The van der Waals surface area contributed by atoms with Crippen molar-refractivity contribution in [2.45, 2.75) is 50.1 Å². The second kappa shape index (κ2) is 6.19. The minimum Gasteiger partial charge on any atom is -0.300 e. The molecular weight excluding hydrogens is 293 g/mol. The summed E-state index contributed by atoms with van der Waals surface area (Å²) in [6, 6.07) is 0.224. The Kier molecular flexibility index (Phi) is 4.96. The minimum absolute atomic E-state index is 0.0148. The third kappa shape index (κ3) is 3.65. The first-order valence-corrected chi connectivity index (χ1v) is 8.59. The number of nitrogens with one attached hydrogen (secondary N) is 1. The van der Waals surface area contributed by atoms with Crippen LogP contribution in [-0.4, -0.2) is 44.5 Å². The summed E-state index contributed by atoms with van der Waals surface area (Å²) in [6.07, 6.45) is 6.03. The molecule has 0 bridgehead atoms. The Balaban J connectivity index is 1.95. The number of rotatable bonds is 4. The maximum atomic E-state index is 12.3. The molecule has 2 aliphatic rings. The molecule has 2 rings (SSSR count). The summed E-state index contributed by atoms with van der Waals surface area (Å²) < 4.78 is 60.9. The SMILES string of the molecule is O=S(=O)(NC[C@@H]1CCCC[C@@H]1N1CCCC1)C(F)(F)F. The lowest BCUT2D eigenvalue weighted by Crippen LogP contribution is -2.47. The maximum Gasteiger partial charge on any atom is 0.511 e. The van der Waals surface area contributed by atoms with Gasteiger partial charge in [-0.1, -0.05) is 12.8 Å². The van der Waals surface area contributed by atoms with Gasteiger partial charge >= 0.3 is 15.5 Å². The highest BCUT2D eigenvalue weighted by Crippen LogP contribution is 2.31. The van der Waals surface area contributed by atoms with Gasteiger partial charge in [0.05, 0.1) is 0 Å². The van der Waals surface area contributed by atoms with Gasteiger partial charge in [0, 0.05) is 12.6 Å². The summed E-state index contributed by atoms with van der Waals surface area (Å²) in [4.78, 5) is 2.31. The van der Waals surface area contributed by atoms with E-state index in [2.05, 4.69) is 4.90 Å². The predicted molar refractivity (Wildman–Crippen MR) is 69.5 cm³/mol. The zero-order chi connectivity index (χ0) is 14.8. The molecule has 0 spiro atoms. The first kappa shape index (κ1) is 16.0. The molecule has 1 heterocycles. The van der Waals surface area contributed by atoms with Gasteiger partial charge in [0.15, 0.2) is 0 Å². The second-order valence-electron chi connectivity index (χ2n) is 5.65. The van der Waals surface area contributed by atoms with E-state index in [1.54, 1.807) is 4.72 Å². The molecule has 1 aliphatic carbocycles. The van der Waals surface area contributed by atoms with E-state index in [1.165, 1.54) is 0 Å². The van der Waals surface area contributed by atoms with Crippen molar-refractivity contribution in [3.8, 4) is 0 Å². The Morgan fingerprint density at radius 3 is 2.25 bits per heavy atom. The summed E-state index contributed by atoms with van der Waals surface area (Å²) in [5.41, 5.74) is -5.22. The number of alkyl halides is 3. The molecule has 1 saturated heterocycles. The molecule has 0 aromatic rings. The minimum atomic E-state index is -5.22. The highest BCUT2D eigenvalue weighted by molar-refractivity contribution is 7.90. The van der Waals surface area contributed by atoms with E-state index in [0.29, 0.717) is 0 Å². The van der Waals surface area contributed by atoms with Gasteiger partial charge in [0.1, 0.15) is 0 Å². The van der Waals surface area contributed by atoms with Gasteiger partial charge in [0.2, 0.25) is 0 Å². The Labute approximate surface area is 117 Å². The van der Waals surface area contributed by atoms with Crippen LogP contribution in [0.25, 0.3) is 0 Å². The Morgan fingerprint density at radius 1 is 1.05 bits per heavy atom. The summed E-state index contributed by atoms with van der Waals surface area (Å²) in [5, 5.41) is 0. The van der Waals surface area contributed by atoms with Crippen LogP contribution in [0.15, 0.2) is 0 Å². The van der Waals surface area contributed by atoms with Gasteiger partial charge < -0.3 is 4.90 Å². The summed E-state index contributed by atoms with van der Waals surface area (Å²) in [5.74, 6) is -0.0148. The molecule has 2 atom stereocenters. The normalized spacial score (nSPS) is 29.8. The molecular formula is C12H21F3N2O2S. The standard InChI is InChI=1S/C12H21F3N2O2S/c13-12(14,15)20(18,19)16-9-10-5-1-2-6-11(10)17-7-3-4-8-17/h10-11,16H,1-9H2/t10-,11-/m0/s1. The molecule has 1 saturated carbocycles. The molecule has 8 heteroatoms. The van der Waals surface area contributed by atoms with Crippen molar-refractivity contribution in [3.63, 3.8) is 0 Å². The van der Waals surface area contributed by atoms with Crippen LogP contribution in [0.5, 0.6) is 0 Å². The number of likely N-dealkylation sites (tertiary alicyclic amines) is 1. The van der Waals surface area contributed by atoms with E-state index in [0.717, 1.165) is 51.6 Å². The summed E-state index contributed by atoms with van der Waals surface area (Å²) in [6.45, 7) is 1.85. The maximum absolute atomic E-state index is 12.3. The lowest BCUT2D eigenvalue weighted by Gasteiger charge is -2.38. The van der Waals surface area contributed by atoms with Crippen LogP contribution in [0.2, 0.25) is 0 Å². The van der Waals surface area contributed by atoms with Gasteiger partial charge in [-0.15, -0.1) is 0 Å². The topological polar surface area (TPSA) is 49.4 Å².